The average molecular weight is 473 g/mol. The van der Waals surface area contributed by atoms with E-state index in [4.69, 9.17) is 4.98 Å². The van der Waals surface area contributed by atoms with Gasteiger partial charge in [0, 0.05) is 28.8 Å². The molecule has 1 heterocycles. The maximum Gasteiger partial charge on any atom is 0.228 e. The summed E-state index contributed by atoms with van der Waals surface area (Å²) in [6.45, 7) is 17.2. The van der Waals surface area contributed by atoms with Gasteiger partial charge in [-0.05, 0) is 64.1 Å². The minimum Gasteiger partial charge on any atom is -0.338 e. The Morgan fingerprint density at radius 2 is 1.17 bits per heavy atom. The lowest BCUT2D eigenvalue weighted by molar-refractivity contribution is -0.119. The smallest absolute Gasteiger partial charge is 0.228 e. The van der Waals surface area contributed by atoms with Gasteiger partial charge in [-0.2, -0.15) is 0 Å². The van der Waals surface area contributed by atoms with Crippen LogP contribution in [-0.4, -0.2) is 21.8 Å². The molecule has 2 saturated carbocycles. The molecule has 2 fully saturated rings. The van der Waals surface area contributed by atoms with Crippen LogP contribution in [0.2, 0.25) is 0 Å². The molecule has 0 unspecified atom stereocenters. The zero-order chi connectivity index (χ0) is 25.6. The fraction of sp³-hybridized carbons (Fsp3) is 0.483. The van der Waals surface area contributed by atoms with Gasteiger partial charge in [0.25, 0.3) is 0 Å². The molecule has 5 rings (SSSR count). The molecule has 0 saturated heterocycles. The lowest BCUT2D eigenvalue weighted by Crippen LogP contribution is -2.17. The van der Waals surface area contributed by atoms with Crippen molar-refractivity contribution in [3.63, 3.8) is 0 Å². The summed E-state index contributed by atoms with van der Waals surface area (Å²) in [7, 11) is 0. The van der Waals surface area contributed by atoms with E-state index >= 15 is 0 Å². The van der Waals surface area contributed by atoms with Crippen molar-refractivity contribution in [2.24, 2.45) is 33.5 Å². The summed E-state index contributed by atoms with van der Waals surface area (Å²) in [5.74, 6) is 0.893. The van der Waals surface area contributed by atoms with Crippen LogP contribution < -0.4 is 10.6 Å². The molecule has 0 bridgehead atoms. The monoisotopic (exact) mass is 472 g/mol. The highest BCUT2D eigenvalue weighted by Gasteiger charge is 2.68. The zero-order valence-electron chi connectivity index (χ0n) is 22.0. The van der Waals surface area contributed by atoms with Crippen LogP contribution in [0.5, 0.6) is 0 Å². The normalized spacial score (nSPS) is 21.5. The number of carbonyl (C=O) groups is 2. The van der Waals surface area contributed by atoms with Gasteiger partial charge < -0.3 is 15.6 Å². The minimum absolute atomic E-state index is 0.000844. The van der Waals surface area contributed by atoms with Crippen molar-refractivity contribution in [3.8, 4) is 11.4 Å². The molecule has 2 amide bonds. The average Bonchev–Trinajstić information content (AvgIpc) is 3.21. The fourth-order valence-corrected chi connectivity index (χ4v) is 6.07. The maximum atomic E-state index is 12.8. The first-order valence-electron chi connectivity index (χ1n) is 12.4. The molecule has 0 radical (unpaired) electrons. The largest absolute Gasteiger partial charge is 0.338 e. The second-order valence-corrected chi connectivity index (χ2v) is 12.6. The number of imidazole rings is 1. The van der Waals surface area contributed by atoms with Crippen LogP contribution in [-0.2, 0) is 9.59 Å². The number of H-pyrrole nitrogens is 1. The molecule has 0 atom stereocenters. The van der Waals surface area contributed by atoms with E-state index in [1.54, 1.807) is 0 Å². The number of nitrogens with one attached hydrogen (secondary N) is 3. The predicted molar refractivity (Wildman–Crippen MR) is 141 cm³/mol. The predicted octanol–water partition coefficient (Wildman–Crippen LogP) is 6.47. The Morgan fingerprint density at radius 3 is 1.66 bits per heavy atom. The number of carbonyl (C=O) groups excluding carboxylic acids is 2. The Labute approximate surface area is 207 Å². The molecule has 3 N–H and O–H groups in total. The van der Waals surface area contributed by atoms with Gasteiger partial charge in [-0.25, -0.2) is 4.98 Å². The van der Waals surface area contributed by atoms with E-state index in [2.05, 4.69) is 71.0 Å². The van der Waals surface area contributed by atoms with E-state index in [9.17, 15) is 9.59 Å². The van der Waals surface area contributed by atoms with Crippen molar-refractivity contribution in [1.29, 1.82) is 0 Å². The van der Waals surface area contributed by atoms with E-state index in [0.717, 1.165) is 33.8 Å². The number of benzene rings is 2. The highest BCUT2D eigenvalue weighted by atomic mass is 16.2. The Hall–Kier alpha value is -3.15. The van der Waals surface area contributed by atoms with Gasteiger partial charge in [0.2, 0.25) is 11.8 Å². The van der Waals surface area contributed by atoms with Gasteiger partial charge in [-0.3, -0.25) is 9.59 Å². The zero-order valence-corrected chi connectivity index (χ0v) is 22.0. The lowest BCUT2D eigenvalue weighted by atomic mass is 10.0. The number of anilines is 2. The molecule has 1 aromatic heterocycles. The first kappa shape index (κ1) is 23.6. The molecule has 3 aromatic rings. The summed E-state index contributed by atoms with van der Waals surface area (Å²) < 4.78 is 0. The van der Waals surface area contributed by atoms with Crippen LogP contribution in [0.1, 0.15) is 55.4 Å². The summed E-state index contributed by atoms with van der Waals surface area (Å²) in [5, 5.41) is 6.14. The van der Waals surface area contributed by atoms with Crippen molar-refractivity contribution in [1.82, 2.24) is 9.97 Å². The molecular formula is C29H36N4O2. The number of rotatable bonds is 5. The molecule has 6 nitrogen and oxygen atoms in total. The number of hydrogen-bond acceptors (Lipinski definition) is 3. The van der Waals surface area contributed by atoms with Crippen LogP contribution in [0.3, 0.4) is 0 Å². The first-order chi connectivity index (χ1) is 16.2. The van der Waals surface area contributed by atoms with Gasteiger partial charge in [-0.15, -0.1) is 0 Å². The topological polar surface area (TPSA) is 86.9 Å². The van der Waals surface area contributed by atoms with E-state index in [1.807, 2.05) is 42.5 Å². The summed E-state index contributed by atoms with van der Waals surface area (Å²) in [6.07, 6.45) is 0. The Balaban J connectivity index is 1.28. The second kappa shape index (κ2) is 7.19. The summed E-state index contributed by atoms with van der Waals surface area (Å²) in [4.78, 5) is 33.6. The number of aromatic nitrogens is 2. The molecule has 2 aliphatic rings. The van der Waals surface area contributed by atoms with E-state index in [1.165, 1.54) is 0 Å². The molecule has 2 aromatic carbocycles. The molecular weight excluding hydrogens is 436 g/mol. The summed E-state index contributed by atoms with van der Waals surface area (Å²) in [5.41, 5.74) is 4.19. The lowest BCUT2D eigenvalue weighted by Gasteiger charge is -2.07. The van der Waals surface area contributed by atoms with Crippen molar-refractivity contribution in [2.45, 2.75) is 55.4 Å². The SMILES string of the molecule is CC1(C)C(C(=O)Nc2ccc(-c3nc4ccc(NC(=O)C5C(C)(C)C5(C)C)cc4[nH]3)cc2)C1(C)C. The maximum absolute atomic E-state index is 12.8. The van der Waals surface area contributed by atoms with E-state index in [0.29, 0.717) is 0 Å². The van der Waals surface area contributed by atoms with Crippen LogP contribution in [0.4, 0.5) is 11.4 Å². The van der Waals surface area contributed by atoms with Crippen molar-refractivity contribution >= 4 is 34.2 Å². The molecule has 0 spiro atoms. The van der Waals surface area contributed by atoms with Crippen molar-refractivity contribution < 1.29 is 9.59 Å². The molecule has 2 aliphatic carbocycles. The number of hydrogen-bond donors (Lipinski definition) is 3. The van der Waals surface area contributed by atoms with E-state index < -0.39 is 0 Å². The highest BCUT2D eigenvalue weighted by molar-refractivity contribution is 5.98. The molecule has 6 heteroatoms. The van der Waals surface area contributed by atoms with Crippen LogP contribution >= 0.6 is 0 Å². The van der Waals surface area contributed by atoms with Gasteiger partial charge in [0.1, 0.15) is 5.82 Å². The third-order valence-electron chi connectivity index (χ3n) is 9.74. The fourth-order valence-electron chi connectivity index (χ4n) is 6.07. The quantitative estimate of drug-likeness (QED) is 0.398. The van der Waals surface area contributed by atoms with Gasteiger partial charge >= 0.3 is 0 Å². The van der Waals surface area contributed by atoms with Gasteiger partial charge in [0.15, 0.2) is 0 Å². The number of fused-ring (bicyclic) bond motifs is 1. The third-order valence-corrected chi connectivity index (χ3v) is 9.74. The first-order valence-corrected chi connectivity index (χ1v) is 12.4. The molecule has 0 aliphatic heterocycles. The summed E-state index contributed by atoms with van der Waals surface area (Å²) >= 11 is 0. The Kier molecular flexibility index (Phi) is 4.84. The molecule has 35 heavy (non-hydrogen) atoms. The van der Waals surface area contributed by atoms with Crippen molar-refractivity contribution in [2.75, 3.05) is 10.6 Å². The van der Waals surface area contributed by atoms with Gasteiger partial charge in [0.05, 0.1) is 11.0 Å². The Morgan fingerprint density at radius 1 is 0.714 bits per heavy atom. The van der Waals surface area contributed by atoms with Gasteiger partial charge in [-0.1, -0.05) is 55.4 Å². The van der Waals surface area contributed by atoms with Crippen molar-refractivity contribution in [3.05, 3.63) is 42.5 Å². The third kappa shape index (κ3) is 3.48. The number of aromatic amines is 1. The van der Waals surface area contributed by atoms with Crippen LogP contribution in [0.25, 0.3) is 22.4 Å². The molecule has 184 valence electrons. The second-order valence-electron chi connectivity index (χ2n) is 12.6. The minimum atomic E-state index is -0.000950. The van der Waals surface area contributed by atoms with E-state index in [-0.39, 0.29) is 45.3 Å². The Bertz CT molecular complexity index is 1320. The van der Waals surface area contributed by atoms with Crippen LogP contribution in [0, 0.1) is 33.5 Å². The summed E-state index contributed by atoms with van der Waals surface area (Å²) in [6, 6.07) is 13.5. The highest BCUT2D eigenvalue weighted by Crippen LogP contribution is 2.69. The number of amides is 2. The van der Waals surface area contributed by atoms with Crippen LogP contribution in [0.15, 0.2) is 42.5 Å². The number of nitrogens with zero attached hydrogens (tertiary/aromatic N) is 1. The standard InChI is InChI=1S/C29H36N4O2/c1-26(2)21(27(26,3)4)24(34)30-17-11-9-16(10-12-17)23-32-19-14-13-18(15-20(19)33-23)31-25(35)22-28(5,6)29(22,7)8/h9-15,21-22H,1-8H3,(H,30,34)(H,31,35)(H,32,33).